The summed E-state index contributed by atoms with van der Waals surface area (Å²) in [6.45, 7) is 3.27. The second-order valence-corrected chi connectivity index (χ2v) is 10.6. The van der Waals surface area contributed by atoms with E-state index in [1.165, 1.54) is 102 Å². The molecule has 2 aromatic carbocycles. The van der Waals surface area contributed by atoms with Crippen molar-refractivity contribution >= 4 is 16.7 Å². The average Bonchev–Trinajstić information content (AvgIpc) is 3.43. The molecule has 0 spiro atoms. The molecule has 4 heteroatoms. The van der Waals surface area contributed by atoms with E-state index in [0.29, 0.717) is 24.7 Å². The average molecular weight is 520 g/mol. The molecule has 1 amide bonds. The molecule has 3 rings (SSSR count). The lowest BCUT2D eigenvalue weighted by Crippen LogP contribution is -2.23. The van der Waals surface area contributed by atoms with E-state index in [1.54, 1.807) is 6.07 Å². The first-order valence-electron chi connectivity index (χ1n) is 15.2. The Morgan fingerprint density at radius 1 is 0.684 bits per heavy atom. The van der Waals surface area contributed by atoms with Crippen LogP contribution in [0.5, 0.6) is 5.75 Å². The van der Waals surface area contributed by atoms with Crippen LogP contribution in [0.25, 0.3) is 10.8 Å². The van der Waals surface area contributed by atoms with Crippen molar-refractivity contribution in [2.24, 2.45) is 0 Å². The van der Waals surface area contributed by atoms with Crippen LogP contribution in [0.1, 0.15) is 126 Å². The second kappa shape index (κ2) is 18.5. The fourth-order valence-corrected chi connectivity index (χ4v) is 4.95. The van der Waals surface area contributed by atoms with E-state index in [-0.39, 0.29) is 5.91 Å². The molecular weight excluding hydrogens is 470 g/mol. The molecule has 0 radical (unpaired) electrons. The Hall–Kier alpha value is -2.75. The molecule has 0 aliphatic rings. The molecule has 208 valence electrons. The van der Waals surface area contributed by atoms with Crippen LogP contribution in [0.4, 0.5) is 0 Å². The molecule has 1 aromatic heterocycles. The number of benzene rings is 2. The van der Waals surface area contributed by atoms with Gasteiger partial charge in [0.05, 0.1) is 0 Å². The normalized spacial score (nSPS) is 11.2. The summed E-state index contributed by atoms with van der Waals surface area (Å²) < 4.78 is 11.6. The summed E-state index contributed by atoms with van der Waals surface area (Å²) in [5.74, 6) is 1.63. The number of ether oxygens (including phenoxy) is 1. The Morgan fingerprint density at radius 3 is 1.89 bits per heavy atom. The lowest BCUT2D eigenvalue weighted by atomic mass is 10.0. The Labute approximate surface area is 230 Å². The van der Waals surface area contributed by atoms with Crippen molar-refractivity contribution < 1.29 is 13.9 Å². The summed E-state index contributed by atoms with van der Waals surface area (Å²) in [6, 6.07) is 17.7. The van der Waals surface area contributed by atoms with Gasteiger partial charge in [-0.05, 0) is 41.5 Å². The lowest BCUT2D eigenvalue weighted by Gasteiger charge is -2.06. The number of amides is 1. The highest BCUT2D eigenvalue weighted by atomic mass is 16.5. The number of hydrogen-bond donors (Lipinski definition) is 1. The predicted octanol–water partition coefficient (Wildman–Crippen LogP) is 10.0. The van der Waals surface area contributed by atoms with Crippen molar-refractivity contribution in [2.45, 2.75) is 116 Å². The molecule has 4 nitrogen and oxygen atoms in total. The summed E-state index contributed by atoms with van der Waals surface area (Å²) in [6.07, 6.45) is 21.6. The summed E-state index contributed by atoms with van der Waals surface area (Å²) in [7, 11) is 0. The van der Waals surface area contributed by atoms with Gasteiger partial charge in [-0.3, -0.25) is 4.79 Å². The zero-order valence-corrected chi connectivity index (χ0v) is 23.6. The highest BCUT2D eigenvalue weighted by Gasteiger charge is 2.11. The maximum Gasteiger partial charge on any atom is 0.286 e. The van der Waals surface area contributed by atoms with E-state index in [9.17, 15) is 4.79 Å². The van der Waals surface area contributed by atoms with Gasteiger partial charge in [-0.2, -0.15) is 0 Å². The first-order valence-corrected chi connectivity index (χ1v) is 15.2. The maximum absolute atomic E-state index is 12.4. The number of carbonyl (C=O) groups excluding carboxylic acids is 1. The first kappa shape index (κ1) is 29.8. The molecule has 0 saturated heterocycles. The van der Waals surface area contributed by atoms with Gasteiger partial charge in [0.2, 0.25) is 0 Å². The molecule has 3 aromatic rings. The zero-order chi connectivity index (χ0) is 26.7. The van der Waals surface area contributed by atoms with E-state index in [0.717, 1.165) is 17.6 Å². The minimum absolute atomic E-state index is 0.150. The van der Waals surface area contributed by atoms with Gasteiger partial charge >= 0.3 is 0 Å². The number of rotatable bonds is 21. The Kier molecular flexibility index (Phi) is 14.5. The third-order valence-corrected chi connectivity index (χ3v) is 7.30. The van der Waals surface area contributed by atoms with Gasteiger partial charge in [0.1, 0.15) is 18.1 Å². The van der Waals surface area contributed by atoms with Crippen LogP contribution in [-0.2, 0) is 6.61 Å². The molecule has 0 fully saturated rings. The van der Waals surface area contributed by atoms with Crippen molar-refractivity contribution in [1.29, 1.82) is 0 Å². The van der Waals surface area contributed by atoms with Crippen molar-refractivity contribution in [3.8, 4) is 5.75 Å². The van der Waals surface area contributed by atoms with Gasteiger partial charge in [-0.15, -0.1) is 0 Å². The fraction of sp³-hybridized carbons (Fsp3) is 0.559. The molecule has 0 bridgehead atoms. The summed E-state index contributed by atoms with van der Waals surface area (Å²) >= 11 is 0. The van der Waals surface area contributed by atoms with Crippen LogP contribution in [0.15, 0.2) is 59.0 Å². The van der Waals surface area contributed by atoms with Crippen LogP contribution in [0, 0.1) is 0 Å². The number of fused-ring (bicyclic) bond motifs is 1. The van der Waals surface area contributed by atoms with E-state index >= 15 is 0 Å². The van der Waals surface area contributed by atoms with Gasteiger partial charge < -0.3 is 14.5 Å². The monoisotopic (exact) mass is 519 g/mol. The molecule has 0 unspecified atom stereocenters. The highest BCUT2D eigenvalue weighted by Crippen LogP contribution is 2.22. The quantitative estimate of drug-likeness (QED) is 0.142. The zero-order valence-electron chi connectivity index (χ0n) is 23.6. The number of furan rings is 1. The number of hydrogen-bond acceptors (Lipinski definition) is 3. The Morgan fingerprint density at radius 2 is 1.26 bits per heavy atom. The molecule has 0 aliphatic heterocycles. The smallest absolute Gasteiger partial charge is 0.286 e. The number of nitrogens with one attached hydrogen (secondary N) is 1. The third kappa shape index (κ3) is 11.8. The van der Waals surface area contributed by atoms with Crippen molar-refractivity contribution in [1.82, 2.24) is 5.32 Å². The van der Waals surface area contributed by atoms with E-state index in [2.05, 4.69) is 24.4 Å². The van der Waals surface area contributed by atoms with Gasteiger partial charge in [0.25, 0.3) is 5.91 Å². The van der Waals surface area contributed by atoms with Gasteiger partial charge in [0, 0.05) is 6.54 Å². The van der Waals surface area contributed by atoms with Crippen LogP contribution in [0.2, 0.25) is 0 Å². The Balaban J connectivity index is 1.15. The minimum atomic E-state index is -0.150. The first-order chi connectivity index (χ1) is 18.8. The van der Waals surface area contributed by atoms with Gasteiger partial charge in [-0.1, -0.05) is 134 Å². The van der Waals surface area contributed by atoms with Crippen LogP contribution >= 0.6 is 0 Å². The minimum Gasteiger partial charge on any atom is -0.486 e. The molecule has 0 aliphatic carbocycles. The van der Waals surface area contributed by atoms with Gasteiger partial charge in [0.15, 0.2) is 5.76 Å². The molecule has 38 heavy (non-hydrogen) atoms. The molecule has 0 saturated carbocycles. The van der Waals surface area contributed by atoms with Crippen molar-refractivity contribution in [2.75, 3.05) is 6.54 Å². The largest absolute Gasteiger partial charge is 0.486 e. The number of unbranched alkanes of at least 4 members (excludes halogenated alkanes) is 15. The molecule has 0 atom stereocenters. The van der Waals surface area contributed by atoms with Crippen LogP contribution in [0.3, 0.4) is 0 Å². The van der Waals surface area contributed by atoms with E-state index < -0.39 is 0 Å². The lowest BCUT2D eigenvalue weighted by molar-refractivity contribution is 0.0921. The van der Waals surface area contributed by atoms with Crippen molar-refractivity contribution in [3.05, 3.63) is 66.1 Å². The second-order valence-electron chi connectivity index (χ2n) is 10.6. The van der Waals surface area contributed by atoms with Crippen molar-refractivity contribution in [3.63, 3.8) is 0 Å². The predicted molar refractivity (Wildman–Crippen MR) is 159 cm³/mol. The highest BCUT2D eigenvalue weighted by molar-refractivity contribution is 5.91. The third-order valence-electron chi connectivity index (χ3n) is 7.30. The standard InChI is InChI=1S/C34H49NO3/c1-2-3-4-5-6-7-8-9-10-11-12-13-14-15-16-19-26-35-34(36)33-25-24-32(38-33)28-37-31-23-22-29-20-17-18-21-30(29)27-31/h17-18,20-25,27H,2-16,19,26,28H2,1H3,(H,35,36). The molecule has 1 N–H and O–H groups in total. The molecular formula is C34H49NO3. The fourth-order valence-electron chi connectivity index (χ4n) is 4.95. The molecule has 1 heterocycles. The summed E-state index contributed by atoms with van der Waals surface area (Å²) in [5.41, 5.74) is 0. The van der Waals surface area contributed by atoms with Gasteiger partial charge in [-0.25, -0.2) is 0 Å². The topological polar surface area (TPSA) is 51.5 Å². The van der Waals surface area contributed by atoms with Crippen LogP contribution < -0.4 is 10.1 Å². The van der Waals surface area contributed by atoms with E-state index in [4.69, 9.17) is 9.15 Å². The maximum atomic E-state index is 12.4. The number of carbonyl (C=O) groups is 1. The summed E-state index contributed by atoms with van der Waals surface area (Å²) in [4.78, 5) is 12.4. The Bertz CT molecular complexity index is 1040. The van der Waals surface area contributed by atoms with Crippen LogP contribution in [-0.4, -0.2) is 12.5 Å². The summed E-state index contributed by atoms with van der Waals surface area (Å²) in [5, 5.41) is 5.30. The van der Waals surface area contributed by atoms with E-state index in [1.807, 2.05) is 36.4 Å². The SMILES string of the molecule is CCCCCCCCCCCCCCCCCCNC(=O)c1ccc(COc2ccc3ccccc3c2)o1.